The van der Waals surface area contributed by atoms with Gasteiger partial charge in [0, 0.05) is 17.8 Å². The molecule has 3 rings (SSSR count). The molecule has 2 aromatic rings. The zero-order valence-electron chi connectivity index (χ0n) is 12.3. The van der Waals surface area contributed by atoms with Crippen LogP contribution in [0.4, 0.5) is 0 Å². The fraction of sp³-hybridized carbons (Fsp3) is 0.467. The van der Waals surface area contributed by atoms with E-state index in [-0.39, 0.29) is 11.7 Å². The Labute approximate surface area is 127 Å². The summed E-state index contributed by atoms with van der Waals surface area (Å²) in [4.78, 5) is 11.7. The molecule has 21 heavy (non-hydrogen) atoms. The van der Waals surface area contributed by atoms with Gasteiger partial charge in [-0.3, -0.25) is 4.57 Å². The molecular weight excluding hydrogens is 284 g/mol. The molecule has 0 bridgehead atoms. The van der Waals surface area contributed by atoms with Gasteiger partial charge < -0.3 is 5.73 Å². The van der Waals surface area contributed by atoms with Crippen LogP contribution in [0.25, 0.3) is 0 Å². The minimum Gasteiger partial charge on any atom is -0.323 e. The van der Waals surface area contributed by atoms with Crippen molar-refractivity contribution in [3.8, 4) is 0 Å². The summed E-state index contributed by atoms with van der Waals surface area (Å²) in [6.45, 7) is 4.16. The van der Waals surface area contributed by atoms with E-state index < -0.39 is 0 Å². The SMILES string of the molecule is Cc1cc(C)cc(C(N)CSc2n[nH]c(=O)n2C2CC2)c1. The molecule has 0 saturated heterocycles. The Morgan fingerprint density at radius 3 is 2.67 bits per heavy atom. The number of rotatable bonds is 5. The van der Waals surface area contributed by atoms with Crippen molar-refractivity contribution < 1.29 is 0 Å². The van der Waals surface area contributed by atoms with Crippen molar-refractivity contribution in [2.75, 3.05) is 5.75 Å². The number of H-pyrrole nitrogens is 1. The Hall–Kier alpha value is -1.53. The minimum atomic E-state index is -0.111. The third kappa shape index (κ3) is 3.22. The average molecular weight is 304 g/mol. The molecule has 1 unspecified atom stereocenters. The molecule has 0 spiro atoms. The van der Waals surface area contributed by atoms with Gasteiger partial charge in [0.05, 0.1) is 0 Å². The monoisotopic (exact) mass is 304 g/mol. The number of aromatic nitrogens is 3. The maximum absolute atomic E-state index is 11.7. The van der Waals surface area contributed by atoms with E-state index in [9.17, 15) is 4.79 Å². The first kappa shape index (κ1) is 14.4. The molecule has 0 amide bonds. The quantitative estimate of drug-likeness (QED) is 0.831. The number of aryl methyl sites for hydroxylation is 2. The van der Waals surface area contributed by atoms with Crippen molar-refractivity contribution in [2.45, 2.75) is 43.9 Å². The van der Waals surface area contributed by atoms with Gasteiger partial charge in [0.15, 0.2) is 5.16 Å². The average Bonchev–Trinajstić information content (AvgIpc) is 3.19. The van der Waals surface area contributed by atoms with Crippen molar-refractivity contribution in [1.82, 2.24) is 14.8 Å². The van der Waals surface area contributed by atoms with Crippen molar-refractivity contribution in [3.05, 3.63) is 45.4 Å². The van der Waals surface area contributed by atoms with Crippen molar-refractivity contribution >= 4 is 11.8 Å². The molecule has 6 heteroatoms. The molecular formula is C15H20N4OS. The van der Waals surface area contributed by atoms with Crippen LogP contribution in [0.5, 0.6) is 0 Å². The van der Waals surface area contributed by atoms with Crippen molar-refractivity contribution in [3.63, 3.8) is 0 Å². The highest BCUT2D eigenvalue weighted by atomic mass is 32.2. The largest absolute Gasteiger partial charge is 0.344 e. The zero-order valence-corrected chi connectivity index (χ0v) is 13.1. The van der Waals surface area contributed by atoms with E-state index in [1.165, 1.54) is 11.1 Å². The molecule has 0 radical (unpaired) electrons. The molecule has 1 aromatic carbocycles. The van der Waals surface area contributed by atoms with Gasteiger partial charge in [0.2, 0.25) is 0 Å². The van der Waals surface area contributed by atoms with Crippen LogP contribution in [0.3, 0.4) is 0 Å². The number of benzene rings is 1. The second-order valence-electron chi connectivity index (χ2n) is 5.75. The fourth-order valence-corrected chi connectivity index (χ4v) is 3.53. The normalized spacial score (nSPS) is 16.1. The molecule has 1 saturated carbocycles. The molecule has 1 aliphatic rings. The molecule has 1 fully saturated rings. The highest BCUT2D eigenvalue weighted by Gasteiger charge is 2.28. The Morgan fingerprint density at radius 2 is 2.05 bits per heavy atom. The molecule has 1 heterocycles. The minimum absolute atomic E-state index is 0.0620. The Kier molecular flexibility index (Phi) is 3.91. The first-order valence-electron chi connectivity index (χ1n) is 7.18. The van der Waals surface area contributed by atoms with Gasteiger partial charge in [-0.15, -0.1) is 5.10 Å². The maximum Gasteiger partial charge on any atom is 0.344 e. The number of nitrogens with zero attached hydrogens (tertiary/aromatic N) is 2. The molecule has 3 N–H and O–H groups in total. The van der Waals surface area contributed by atoms with Crippen LogP contribution < -0.4 is 11.4 Å². The van der Waals surface area contributed by atoms with Gasteiger partial charge in [-0.25, -0.2) is 9.89 Å². The Bertz CT molecular complexity index is 682. The van der Waals surface area contributed by atoms with Crippen molar-refractivity contribution in [2.24, 2.45) is 5.73 Å². The van der Waals surface area contributed by atoms with E-state index in [0.29, 0.717) is 11.8 Å². The highest BCUT2D eigenvalue weighted by Crippen LogP contribution is 2.36. The third-order valence-electron chi connectivity index (χ3n) is 3.65. The van der Waals surface area contributed by atoms with Crippen LogP contribution in [0.1, 0.15) is 41.6 Å². The van der Waals surface area contributed by atoms with Crippen molar-refractivity contribution in [1.29, 1.82) is 0 Å². The van der Waals surface area contributed by atoms with E-state index in [4.69, 9.17) is 5.73 Å². The number of thioether (sulfide) groups is 1. The highest BCUT2D eigenvalue weighted by molar-refractivity contribution is 7.99. The summed E-state index contributed by atoms with van der Waals surface area (Å²) in [6, 6.07) is 6.65. The van der Waals surface area contributed by atoms with E-state index in [2.05, 4.69) is 42.2 Å². The number of nitrogens with one attached hydrogen (secondary N) is 1. The molecule has 1 aromatic heterocycles. The molecule has 112 valence electrons. The van der Waals surface area contributed by atoms with Crippen LogP contribution >= 0.6 is 11.8 Å². The van der Waals surface area contributed by atoms with E-state index in [1.807, 2.05) is 0 Å². The summed E-state index contributed by atoms with van der Waals surface area (Å²) in [5.41, 5.74) is 9.75. The lowest BCUT2D eigenvalue weighted by molar-refractivity contribution is 0.641. The van der Waals surface area contributed by atoms with E-state index >= 15 is 0 Å². The number of nitrogens with two attached hydrogens (primary N) is 1. The van der Waals surface area contributed by atoms with Gasteiger partial charge in [-0.2, -0.15) is 0 Å². The van der Waals surface area contributed by atoms with Crippen LogP contribution in [-0.4, -0.2) is 20.5 Å². The number of aromatic amines is 1. The molecule has 1 atom stereocenters. The second-order valence-corrected chi connectivity index (χ2v) is 6.74. The summed E-state index contributed by atoms with van der Waals surface area (Å²) >= 11 is 1.55. The summed E-state index contributed by atoms with van der Waals surface area (Å²) in [6.07, 6.45) is 2.13. The topological polar surface area (TPSA) is 76.7 Å². The summed E-state index contributed by atoms with van der Waals surface area (Å²) < 4.78 is 1.76. The van der Waals surface area contributed by atoms with Crippen LogP contribution in [0.15, 0.2) is 28.2 Å². The first-order valence-corrected chi connectivity index (χ1v) is 8.16. The lowest BCUT2D eigenvalue weighted by atomic mass is 10.0. The van der Waals surface area contributed by atoms with Crippen LogP contribution in [0.2, 0.25) is 0 Å². The molecule has 5 nitrogen and oxygen atoms in total. The van der Waals surface area contributed by atoms with E-state index in [0.717, 1.165) is 23.6 Å². The second kappa shape index (κ2) is 5.69. The first-order chi connectivity index (χ1) is 10.0. The third-order valence-corrected chi connectivity index (χ3v) is 4.72. The van der Waals surface area contributed by atoms with Gasteiger partial charge in [0.1, 0.15) is 0 Å². The lowest BCUT2D eigenvalue weighted by Gasteiger charge is -2.13. The maximum atomic E-state index is 11.7. The standard InChI is InChI=1S/C15H20N4OS/c1-9-5-10(2)7-11(6-9)13(16)8-21-15-18-17-14(20)19(15)12-3-4-12/h5-7,12-13H,3-4,8,16H2,1-2H3,(H,17,20). The van der Waals surface area contributed by atoms with Gasteiger partial charge in [0.25, 0.3) is 0 Å². The summed E-state index contributed by atoms with van der Waals surface area (Å²) in [5, 5.41) is 7.40. The lowest BCUT2D eigenvalue weighted by Crippen LogP contribution is -2.17. The predicted octanol–water partition coefficient (Wildman–Crippen LogP) is 2.32. The predicted molar refractivity (Wildman–Crippen MR) is 84.7 cm³/mol. The Balaban J connectivity index is 1.71. The summed E-state index contributed by atoms with van der Waals surface area (Å²) in [5.74, 6) is 0.708. The zero-order chi connectivity index (χ0) is 15.0. The molecule has 0 aliphatic heterocycles. The van der Waals surface area contributed by atoms with Crippen LogP contribution in [-0.2, 0) is 0 Å². The fourth-order valence-electron chi connectivity index (χ4n) is 2.53. The Morgan fingerprint density at radius 1 is 1.38 bits per heavy atom. The smallest absolute Gasteiger partial charge is 0.323 e. The number of hydrogen-bond donors (Lipinski definition) is 2. The van der Waals surface area contributed by atoms with E-state index in [1.54, 1.807) is 16.3 Å². The van der Waals surface area contributed by atoms with Crippen LogP contribution in [0, 0.1) is 13.8 Å². The summed E-state index contributed by atoms with van der Waals surface area (Å²) in [7, 11) is 0. The number of hydrogen-bond acceptors (Lipinski definition) is 4. The van der Waals surface area contributed by atoms with Gasteiger partial charge >= 0.3 is 5.69 Å². The molecule has 1 aliphatic carbocycles. The van der Waals surface area contributed by atoms with Gasteiger partial charge in [-0.1, -0.05) is 41.1 Å². The van der Waals surface area contributed by atoms with Gasteiger partial charge in [-0.05, 0) is 32.3 Å².